The van der Waals surface area contributed by atoms with Gasteiger partial charge in [0.25, 0.3) is 0 Å². The quantitative estimate of drug-likeness (QED) is 0.706. The van der Waals surface area contributed by atoms with Crippen LogP contribution in [0.5, 0.6) is 0 Å². The third kappa shape index (κ3) is 4.63. The Bertz CT molecular complexity index is 386. The standard InChI is InChI=1S/C22H38O4/c1-15-3-7-17(8-4-15)11-23-19-13-25-22-20(14-26-21(19)22)24-12-18-9-5-16(2)6-10-18/h15-22H,3-14H2,1-2H3/t15-,16?,17+,18?,19-,20+,21-,22-/m1/s1. The highest BCUT2D eigenvalue weighted by atomic mass is 16.6. The van der Waals surface area contributed by atoms with E-state index in [1.165, 1.54) is 51.4 Å². The fraction of sp³-hybridized carbons (Fsp3) is 1.00. The molecule has 4 aliphatic rings. The van der Waals surface area contributed by atoms with Crippen LogP contribution < -0.4 is 0 Å². The van der Waals surface area contributed by atoms with Gasteiger partial charge in [-0.2, -0.15) is 0 Å². The van der Waals surface area contributed by atoms with Gasteiger partial charge in [0.1, 0.15) is 24.4 Å². The van der Waals surface area contributed by atoms with Gasteiger partial charge in [-0.1, -0.05) is 39.5 Å². The van der Waals surface area contributed by atoms with Crippen molar-refractivity contribution in [3.8, 4) is 0 Å². The number of ether oxygens (including phenoxy) is 4. The van der Waals surface area contributed by atoms with E-state index in [0.717, 1.165) is 36.9 Å². The Balaban J connectivity index is 1.18. The smallest absolute Gasteiger partial charge is 0.115 e. The first-order valence-electron chi connectivity index (χ1n) is 11.2. The molecule has 2 aliphatic heterocycles. The van der Waals surface area contributed by atoms with Crippen molar-refractivity contribution in [3.63, 3.8) is 0 Å². The van der Waals surface area contributed by atoms with Gasteiger partial charge in [0, 0.05) is 0 Å². The summed E-state index contributed by atoms with van der Waals surface area (Å²) in [5.74, 6) is 3.25. The number of hydrogen-bond donors (Lipinski definition) is 0. The molecule has 2 saturated heterocycles. The summed E-state index contributed by atoms with van der Waals surface area (Å²) >= 11 is 0. The van der Waals surface area contributed by atoms with Gasteiger partial charge < -0.3 is 18.9 Å². The summed E-state index contributed by atoms with van der Waals surface area (Å²) in [6.45, 7) is 7.82. The van der Waals surface area contributed by atoms with Crippen molar-refractivity contribution in [2.75, 3.05) is 26.4 Å². The summed E-state index contributed by atoms with van der Waals surface area (Å²) in [7, 11) is 0. The molecule has 0 radical (unpaired) electrons. The average molecular weight is 367 g/mol. The Kier molecular flexibility index (Phi) is 6.56. The van der Waals surface area contributed by atoms with Crippen LogP contribution in [0.25, 0.3) is 0 Å². The number of hydrogen-bond acceptors (Lipinski definition) is 4. The first-order valence-corrected chi connectivity index (χ1v) is 11.2. The molecule has 4 fully saturated rings. The first kappa shape index (κ1) is 19.2. The highest BCUT2D eigenvalue weighted by Gasteiger charge is 2.49. The van der Waals surface area contributed by atoms with Crippen LogP contribution in [0.15, 0.2) is 0 Å². The van der Waals surface area contributed by atoms with Crippen LogP contribution in [-0.2, 0) is 18.9 Å². The second-order valence-electron chi connectivity index (χ2n) is 9.59. The Hall–Kier alpha value is -0.160. The molecule has 2 heterocycles. The van der Waals surface area contributed by atoms with Gasteiger partial charge in [-0.05, 0) is 49.4 Å². The maximum atomic E-state index is 6.24. The van der Waals surface area contributed by atoms with E-state index in [-0.39, 0.29) is 24.4 Å². The SMILES string of the molecule is CC1CCC(CO[C@H]2CO[C@H]3[C@@H]2OC[C@H]3OC[C@H]2CC[C@@H](C)CC2)CC1. The van der Waals surface area contributed by atoms with E-state index in [1.807, 2.05) is 0 Å². The van der Waals surface area contributed by atoms with Gasteiger partial charge in [-0.25, -0.2) is 0 Å². The fourth-order valence-electron chi connectivity index (χ4n) is 5.23. The molecule has 4 nitrogen and oxygen atoms in total. The van der Waals surface area contributed by atoms with E-state index >= 15 is 0 Å². The minimum Gasteiger partial charge on any atom is -0.373 e. The van der Waals surface area contributed by atoms with Gasteiger partial charge in [0.2, 0.25) is 0 Å². The molecule has 0 bridgehead atoms. The molecule has 0 aromatic heterocycles. The lowest BCUT2D eigenvalue weighted by Crippen LogP contribution is -2.35. The van der Waals surface area contributed by atoms with Gasteiger partial charge in [0.15, 0.2) is 0 Å². The van der Waals surface area contributed by atoms with Crippen molar-refractivity contribution in [2.45, 2.75) is 89.6 Å². The van der Waals surface area contributed by atoms with Crippen LogP contribution in [-0.4, -0.2) is 50.8 Å². The molecule has 4 atom stereocenters. The van der Waals surface area contributed by atoms with Crippen molar-refractivity contribution in [2.24, 2.45) is 23.7 Å². The van der Waals surface area contributed by atoms with Crippen LogP contribution in [0.3, 0.4) is 0 Å². The Morgan fingerprint density at radius 3 is 1.38 bits per heavy atom. The number of fused-ring (bicyclic) bond motifs is 1. The van der Waals surface area contributed by atoms with Crippen molar-refractivity contribution in [1.82, 2.24) is 0 Å². The zero-order valence-electron chi connectivity index (χ0n) is 16.7. The molecule has 4 rings (SSSR count). The van der Waals surface area contributed by atoms with Gasteiger partial charge >= 0.3 is 0 Å². The Morgan fingerprint density at radius 1 is 0.615 bits per heavy atom. The molecule has 26 heavy (non-hydrogen) atoms. The molecular formula is C22H38O4. The lowest BCUT2D eigenvalue weighted by atomic mass is 9.83. The highest BCUT2D eigenvalue weighted by molar-refractivity contribution is 4.96. The van der Waals surface area contributed by atoms with E-state index in [0.29, 0.717) is 13.2 Å². The molecule has 0 unspecified atom stereocenters. The van der Waals surface area contributed by atoms with E-state index in [1.54, 1.807) is 0 Å². The molecule has 0 aromatic carbocycles. The Labute approximate surface area is 159 Å². The molecule has 2 aliphatic carbocycles. The average Bonchev–Trinajstić information content (AvgIpc) is 3.23. The van der Waals surface area contributed by atoms with E-state index in [4.69, 9.17) is 18.9 Å². The maximum absolute atomic E-state index is 6.24. The normalized spacial score (nSPS) is 46.4. The third-order valence-electron chi connectivity index (χ3n) is 7.33. The van der Waals surface area contributed by atoms with Crippen molar-refractivity contribution in [1.29, 1.82) is 0 Å². The van der Waals surface area contributed by atoms with Crippen LogP contribution in [0.1, 0.15) is 65.2 Å². The highest BCUT2D eigenvalue weighted by Crippen LogP contribution is 2.34. The maximum Gasteiger partial charge on any atom is 0.115 e. The zero-order chi connectivity index (χ0) is 17.9. The predicted molar refractivity (Wildman–Crippen MR) is 101 cm³/mol. The van der Waals surface area contributed by atoms with Crippen LogP contribution in [0.4, 0.5) is 0 Å². The lowest BCUT2D eigenvalue weighted by Gasteiger charge is -2.27. The predicted octanol–water partition coefficient (Wildman–Crippen LogP) is 4.21. The zero-order valence-corrected chi connectivity index (χ0v) is 16.7. The second kappa shape index (κ2) is 8.89. The summed E-state index contributed by atoms with van der Waals surface area (Å²) in [5.41, 5.74) is 0. The van der Waals surface area contributed by atoms with Crippen molar-refractivity contribution in [3.05, 3.63) is 0 Å². The molecule has 0 aromatic rings. The molecule has 150 valence electrons. The van der Waals surface area contributed by atoms with Crippen molar-refractivity contribution < 1.29 is 18.9 Å². The molecule has 0 amide bonds. The molecule has 0 spiro atoms. The van der Waals surface area contributed by atoms with E-state index in [9.17, 15) is 0 Å². The minimum absolute atomic E-state index is 0.0777. The molecular weight excluding hydrogens is 328 g/mol. The van der Waals surface area contributed by atoms with Crippen LogP contribution in [0.2, 0.25) is 0 Å². The minimum atomic E-state index is 0.0777. The van der Waals surface area contributed by atoms with Gasteiger partial charge in [-0.15, -0.1) is 0 Å². The van der Waals surface area contributed by atoms with Gasteiger partial charge in [-0.3, -0.25) is 0 Å². The van der Waals surface area contributed by atoms with Crippen LogP contribution >= 0.6 is 0 Å². The lowest BCUT2D eigenvalue weighted by molar-refractivity contribution is -0.0652. The van der Waals surface area contributed by atoms with E-state index in [2.05, 4.69) is 13.8 Å². The van der Waals surface area contributed by atoms with E-state index < -0.39 is 0 Å². The summed E-state index contributed by atoms with van der Waals surface area (Å²) in [6, 6.07) is 0. The van der Waals surface area contributed by atoms with Gasteiger partial charge in [0.05, 0.1) is 26.4 Å². The summed E-state index contributed by atoms with van der Waals surface area (Å²) in [6.07, 6.45) is 11.0. The summed E-state index contributed by atoms with van der Waals surface area (Å²) in [4.78, 5) is 0. The molecule has 2 saturated carbocycles. The van der Waals surface area contributed by atoms with Crippen LogP contribution in [0, 0.1) is 23.7 Å². The Morgan fingerprint density at radius 2 is 1.00 bits per heavy atom. The number of rotatable bonds is 6. The largest absolute Gasteiger partial charge is 0.373 e. The molecule has 0 N–H and O–H groups in total. The fourth-order valence-corrected chi connectivity index (χ4v) is 5.23. The second-order valence-corrected chi connectivity index (χ2v) is 9.59. The monoisotopic (exact) mass is 366 g/mol. The molecule has 4 heteroatoms. The van der Waals surface area contributed by atoms with Crippen molar-refractivity contribution >= 4 is 0 Å². The first-order chi connectivity index (χ1) is 12.7. The summed E-state index contributed by atoms with van der Waals surface area (Å²) in [5, 5.41) is 0. The summed E-state index contributed by atoms with van der Waals surface area (Å²) < 4.78 is 24.6. The third-order valence-corrected chi connectivity index (χ3v) is 7.33. The topological polar surface area (TPSA) is 36.9 Å².